The molecule has 1 aromatic heterocycles. The summed E-state index contributed by atoms with van der Waals surface area (Å²) in [4.78, 5) is 21.3. The third kappa shape index (κ3) is 2.69. The number of carbonyl (C=O) groups excluding carboxylic acids is 1. The molecule has 0 atom stereocenters. The minimum absolute atomic E-state index is 0.0188. The van der Waals surface area contributed by atoms with E-state index in [4.69, 9.17) is 0 Å². The summed E-state index contributed by atoms with van der Waals surface area (Å²) in [5, 5.41) is 4.19. The van der Waals surface area contributed by atoms with Crippen molar-refractivity contribution < 1.29 is 4.79 Å². The molecule has 0 aliphatic carbocycles. The van der Waals surface area contributed by atoms with E-state index in [0.29, 0.717) is 5.69 Å². The monoisotopic (exact) mass is 284 g/mol. The van der Waals surface area contributed by atoms with E-state index in [0.717, 1.165) is 42.8 Å². The third-order valence-corrected chi connectivity index (χ3v) is 4.00. The number of benzene rings is 1. The van der Waals surface area contributed by atoms with E-state index in [1.54, 1.807) is 0 Å². The van der Waals surface area contributed by atoms with Gasteiger partial charge in [0, 0.05) is 44.3 Å². The number of carbonyl (C=O) groups is 1. The van der Waals surface area contributed by atoms with Gasteiger partial charge in [-0.1, -0.05) is 18.2 Å². The predicted molar refractivity (Wildman–Crippen MR) is 84.7 cm³/mol. The summed E-state index contributed by atoms with van der Waals surface area (Å²) in [6.07, 6.45) is 0. The molecule has 5 nitrogen and oxygen atoms in total. The number of nitrogens with zero attached hydrogens (tertiary/aromatic N) is 3. The lowest BCUT2D eigenvalue weighted by atomic mass is 10.1. The second-order valence-electron chi connectivity index (χ2n) is 5.42. The molecule has 21 heavy (non-hydrogen) atoms. The molecule has 1 amide bonds. The van der Waals surface area contributed by atoms with E-state index >= 15 is 0 Å². The van der Waals surface area contributed by atoms with E-state index in [1.807, 2.05) is 42.3 Å². The van der Waals surface area contributed by atoms with Crippen LogP contribution in [-0.2, 0) is 0 Å². The van der Waals surface area contributed by atoms with Gasteiger partial charge in [0.2, 0.25) is 0 Å². The number of aromatic nitrogens is 1. The molecule has 1 aliphatic heterocycles. The van der Waals surface area contributed by atoms with E-state index in [-0.39, 0.29) is 5.91 Å². The van der Waals surface area contributed by atoms with Crippen LogP contribution < -0.4 is 5.32 Å². The number of nitrogens with one attached hydrogen (secondary N) is 1. The average Bonchev–Trinajstić information content (AvgIpc) is 2.53. The van der Waals surface area contributed by atoms with Gasteiger partial charge in [0.25, 0.3) is 5.91 Å². The standard InChI is InChI=1S/C16H20N4O/c1-17-14-11-15(18-13-6-4-3-5-12(13)14)16(21)20-9-7-19(2)8-10-20/h3-6,11H,7-10H2,1-2H3,(H,17,18). The Hall–Kier alpha value is -2.14. The highest BCUT2D eigenvalue weighted by molar-refractivity contribution is 5.99. The van der Waals surface area contributed by atoms with Crippen LogP contribution in [0.25, 0.3) is 10.9 Å². The molecule has 1 fully saturated rings. The van der Waals surface area contributed by atoms with Crippen LogP contribution in [-0.4, -0.2) is 61.0 Å². The fraction of sp³-hybridized carbons (Fsp3) is 0.375. The Morgan fingerprint density at radius 2 is 1.90 bits per heavy atom. The number of anilines is 1. The Morgan fingerprint density at radius 3 is 2.62 bits per heavy atom. The van der Waals surface area contributed by atoms with Gasteiger partial charge < -0.3 is 15.1 Å². The second-order valence-corrected chi connectivity index (χ2v) is 5.42. The fourth-order valence-electron chi connectivity index (χ4n) is 2.66. The van der Waals surface area contributed by atoms with Crippen LogP contribution in [0.2, 0.25) is 0 Å². The van der Waals surface area contributed by atoms with Crippen molar-refractivity contribution in [3.63, 3.8) is 0 Å². The highest BCUT2D eigenvalue weighted by Gasteiger charge is 2.22. The van der Waals surface area contributed by atoms with Gasteiger partial charge in [-0.15, -0.1) is 0 Å². The maximum Gasteiger partial charge on any atom is 0.272 e. The third-order valence-electron chi connectivity index (χ3n) is 4.00. The van der Waals surface area contributed by atoms with Gasteiger partial charge in [-0.3, -0.25) is 4.79 Å². The Balaban J connectivity index is 1.94. The van der Waals surface area contributed by atoms with Gasteiger partial charge in [-0.05, 0) is 19.2 Å². The van der Waals surface area contributed by atoms with Crippen molar-refractivity contribution in [2.45, 2.75) is 0 Å². The lowest BCUT2D eigenvalue weighted by molar-refractivity contribution is 0.0658. The summed E-state index contributed by atoms with van der Waals surface area (Å²) in [7, 11) is 3.95. The van der Waals surface area contributed by atoms with Crippen molar-refractivity contribution in [2.24, 2.45) is 0 Å². The minimum atomic E-state index is 0.0188. The molecule has 2 aromatic rings. The second kappa shape index (κ2) is 5.69. The molecule has 0 saturated carbocycles. The number of rotatable bonds is 2. The molecule has 0 unspecified atom stereocenters. The normalized spacial score (nSPS) is 16.2. The molecular formula is C16H20N4O. The van der Waals surface area contributed by atoms with Crippen molar-refractivity contribution in [3.05, 3.63) is 36.0 Å². The first kappa shape index (κ1) is 13.8. The highest BCUT2D eigenvalue weighted by atomic mass is 16.2. The van der Waals surface area contributed by atoms with E-state index < -0.39 is 0 Å². The Kier molecular flexibility index (Phi) is 3.75. The predicted octanol–water partition coefficient (Wildman–Crippen LogP) is 1.66. The fourth-order valence-corrected chi connectivity index (χ4v) is 2.66. The minimum Gasteiger partial charge on any atom is -0.388 e. The maximum atomic E-state index is 12.6. The number of likely N-dealkylation sites (N-methyl/N-ethyl adjacent to an activating group) is 1. The van der Waals surface area contributed by atoms with Crippen LogP contribution in [0.3, 0.4) is 0 Å². The summed E-state index contributed by atoms with van der Waals surface area (Å²) < 4.78 is 0. The van der Waals surface area contributed by atoms with Gasteiger partial charge in [0.1, 0.15) is 5.69 Å². The SMILES string of the molecule is CNc1cc(C(=O)N2CCN(C)CC2)nc2ccccc12. The topological polar surface area (TPSA) is 48.5 Å². The molecule has 5 heteroatoms. The molecule has 2 heterocycles. The van der Waals surface area contributed by atoms with E-state index in [1.165, 1.54) is 0 Å². The van der Waals surface area contributed by atoms with Crippen molar-refractivity contribution in [1.29, 1.82) is 0 Å². The smallest absolute Gasteiger partial charge is 0.272 e. The molecule has 0 bridgehead atoms. The number of amides is 1. The van der Waals surface area contributed by atoms with Crippen molar-refractivity contribution in [1.82, 2.24) is 14.8 Å². The number of fused-ring (bicyclic) bond motifs is 1. The summed E-state index contributed by atoms with van der Waals surface area (Å²) in [6, 6.07) is 9.73. The van der Waals surface area contributed by atoms with E-state index in [9.17, 15) is 4.79 Å². The lowest BCUT2D eigenvalue weighted by Crippen LogP contribution is -2.47. The van der Waals surface area contributed by atoms with Gasteiger partial charge in [0.05, 0.1) is 5.52 Å². The van der Waals surface area contributed by atoms with Crippen molar-refractivity contribution in [3.8, 4) is 0 Å². The molecule has 3 rings (SSSR count). The van der Waals surface area contributed by atoms with Gasteiger partial charge >= 0.3 is 0 Å². The van der Waals surface area contributed by atoms with Crippen LogP contribution in [0.5, 0.6) is 0 Å². The maximum absolute atomic E-state index is 12.6. The number of pyridine rings is 1. The number of piperazine rings is 1. The average molecular weight is 284 g/mol. The summed E-state index contributed by atoms with van der Waals surface area (Å²) in [6.45, 7) is 3.36. The Bertz CT molecular complexity index is 662. The Morgan fingerprint density at radius 1 is 1.19 bits per heavy atom. The van der Waals surface area contributed by atoms with Crippen LogP contribution >= 0.6 is 0 Å². The molecule has 1 saturated heterocycles. The van der Waals surface area contributed by atoms with E-state index in [2.05, 4.69) is 22.2 Å². The zero-order valence-corrected chi connectivity index (χ0v) is 12.5. The molecular weight excluding hydrogens is 264 g/mol. The van der Waals surface area contributed by atoms with Gasteiger partial charge in [0.15, 0.2) is 0 Å². The van der Waals surface area contributed by atoms with Crippen LogP contribution in [0.4, 0.5) is 5.69 Å². The molecule has 0 spiro atoms. The van der Waals surface area contributed by atoms with Gasteiger partial charge in [-0.2, -0.15) is 0 Å². The molecule has 110 valence electrons. The lowest BCUT2D eigenvalue weighted by Gasteiger charge is -2.32. The van der Waals surface area contributed by atoms with Crippen LogP contribution in [0, 0.1) is 0 Å². The first-order valence-corrected chi connectivity index (χ1v) is 7.24. The molecule has 1 aromatic carbocycles. The van der Waals surface area contributed by atoms with Crippen LogP contribution in [0.1, 0.15) is 10.5 Å². The van der Waals surface area contributed by atoms with Crippen molar-refractivity contribution >= 4 is 22.5 Å². The van der Waals surface area contributed by atoms with Crippen LogP contribution in [0.15, 0.2) is 30.3 Å². The number of hydrogen-bond donors (Lipinski definition) is 1. The summed E-state index contributed by atoms with van der Waals surface area (Å²) in [5.74, 6) is 0.0188. The quantitative estimate of drug-likeness (QED) is 0.911. The molecule has 1 N–H and O–H groups in total. The first-order chi connectivity index (χ1) is 10.2. The molecule has 0 radical (unpaired) electrons. The number of para-hydroxylation sites is 1. The van der Waals surface area contributed by atoms with Crippen molar-refractivity contribution in [2.75, 3.05) is 45.6 Å². The first-order valence-electron chi connectivity index (χ1n) is 7.24. The Labute approximate surface area is 124 Å². The molecule has 1 aliphatic rings. The van der Waals surface area contributed by atoms with Gasteiger partial charge in [-0.25, -0.2) is 4.98 Å². The number of hydrogen-bond acceptors (Lipinski definition) is 4. The summed E-state index contributed by atoms with van der Waals surface area (Å²) in [5.41, 5.74) is 2.31. The highest BCUT2D eigenvalue weighted by Crippen LogP contribution is 2.23. The summed E-state index contributed by atoms with van der Waals surface area (Å²) >= 11 is 0. The zero-order chi connectivity index (χ0) is 14.8. The largest absolute Gasteiger partial charge is 0.388 e. The zero-order valence-electron chi connectivity index (χ0n) is 12.5.